The van der Waals surface area contributed by atoms with Crippen molar-refractivity contribution in [3.05, 3.63) is 46.9 Å². The van der Waals surface area contributed by atoms with Crippen LogP contribution in [0.4, 0.5) is 5.82 Å². The normalized spacial score (nSPS) is 10.9. The molecule has 0 bridgehead atoms. The first-order valence-corrected chi connectivity index (χ1v) is 7.01. The van der Waals surface area contributed by atoms with Crippen molar-refractivity contribution in [2.75, 3.05) is 5.32 Å². The largest absolute Gasteiger partial charge is 0.306 e. The van der Waals surface area contributed by atoms with Crippen molar-refractivity contribution >= 4 is 22.8 Å². The Balaban J connectivity index is 2.10. The van der Waals surface area contributed by atoms with Gasteiger partial charge in [0.15, 0.2) is 5.65 Å². The van der Waals surface area contributed by atoms with Gasteiger partial charge in [0.05, 0.1) is 16.6 Å². The Morgan fingerprint density at radius 2 is 2.05 bits per heavy atom. The molecule has 0 aromatic carbocycles. The number of amides is 1. The summed E-state index contributed by atoms with van der Waals surface area (Å²) < 4.78 is 1.69. The maximum Gasteiger partial charge on any atom is 0.257 e. The van der Waals surface area contributed by atoms with Gasteiger partial charge >= 0.3 is 0 Å². The molecule has 0 aliphatic rings. The van der Waals surface area contributed by atoms with Crippen molar-refractivity contribution in [1.82, 2.24) is 19.7 Å². The zero-order valence-electron chi connectivity index (χ0n) is 13.0. The van der Waals surface area contributed by atoms with Crippen LogP contribution in [-0.4, -0.2) is 25.7 Å². The van der Waals surface area contributed by atoms with E-state index in [1.165, 1.54) is 0 Å². The van der Waals surface area contributed by atoms with Crippen LogP contribution in [0.2, 0.25) is 0 Å². The molecule has 6 nitrogen and oxygen atoms in total. The van der Waals surface area contributed by atoms with E-state index in [0.717, 1.165) is 22.3 Å². The monoisotopic (exact) mass is 295 g/mol. The molecule has 3 aromatic rings. The number of aromatic nitrogens is 4. The van der Waals surface area contributed by atoms with E-state index in [-0.39, 0.29) is 5.91 Å². The van der Waals surface area contributed by atoms with Gasteiger partial charge in [-0.05, 0) is 38.5 Å². The van der Waals surface area contributed by atoms with Crippen LogP contribution in [0.25, 0.3) is 11.0 Å². The molecule has 3 heterocycles. The van der Waals surface area contributed by atoms with Crippen molar-refractivity contribution in [3.63, 3.8) is 0 Å². The SMILES string of the molecule is Cc1cc(C(=O)Nc2ncccc2C)c2c(C)nn(C)c2n1. The van der Waals surface area contributed by atoms with E-state index in [1.807, 2.05) is 40.0 Å². The highest BCUT2D eigenvalue weighted by Crippen LogP contribution is 2.22. The molecule has 22 heavy (non-hydrogen) atoms. The molecular formula is C16H17N5O. The van der Waals surface area contributed by atoms with Gasteiger partial charge in [0.1, 0.15) is 5.82 Å². The lowest BCUT2D eigenvalue weighted by atomic mass is 10.1. The zero-order valence-corrected chi connectivity index (χ0v) is 13.0. The molecular weight excluding hydrogens is 278 g/mol. The summed E-state index contributed by atoms with van der Waals surface area (Å²) in [6.07, 6.45) is 1.66. The van der Waals surface area contributed by atoms with Crippen LogP contribution in [0, 0.1) is 20.8 Å². The number of aryl methyl sites for hydroxylation is 4. The molecule has 0 saturated carbocycles. The fourth-order valence-electron chi connectivity index (χ4n) is 2.54. The fraction of sp³-hybridized carbons (Fsp3) is 0.250. The first kappa shape index (κ1) is 14.2. The molecule has 0 aliphatic carbocycles. The Morgan fingerprint density at radius 3 is 2.77 bits per heavy atom. The fourth-order valence-corrected chi connectivity index (χ4v) is 2.54. The van der Waals surface area contributed by atoms with E-state index in [9.17, 15) is 4.79 Å². The van der Waals surface area contributed by atoms with Crippen LogP contribution < -0.4 is 5.32 Å². The van der Waals surface area contributed by atoms with Gasteiger partial charge in [0.2, 0.25) is 0 Å². The quantitative estimate of drug-likeness (QED) is 0.788. The van der Waals surface area contributed by atoms with Gasteiger partial charge in [0, 0.05) is 18.9 Å². The van der Waals surface area contributed by atoms with E-state index in [4.69, 9.17) is 0 Å². The van der Waals surface area contributed by atoms with Crippen LogP contribution >= 0.6 is 0 Å². The average molecular weight is 295 g/mol. The van der Waals surface area contributed by atoms with Gasteiger partial charge < -0.3 is 5.32 Å². The lowest BCUT2D eigenvalue weighted by Gasteiger charge is -2.09. The molecule has 0 spiro atoms. The number of hydrogen-bond donors (Lipinski definition) is 1. The highest BCUT2D eigenvalue weighted by molar-refractivity contribution is 6.12. The van der Waals surface area contributed by atoms with E-state index < -0.39 is 0 Å². The number of carbonyl (C=O) groups excluding carboxylic acids is 1. The van der Waals surface area contributed by atoms with E-state index in [1.54, 1.807) is 16.9 Å². The van der Waals surface area contributed by atoms with Gasteiger partial charge in [-0.15, -0.1) is 0 Å². The lowest BCUT2D eigenvalue weighted by molar-refractivity contribution is 0.102. The van der Waals surface area contributed by atoms with Gasteiger partial charge in [-0.1, -0.05) is 6.07 Å². The summed E-state index contributed by atoms with van der Waals surface area (Å²) in [5.74, 6) is 0.366. The molecule has 112 valence electrons. The summed E-state index contributed by atoms with van der Waals surface area (Å²) in [6, 6.07) is 5.53. The van der Waals surface area contributed by atoms with E-state index >= 15 is 0 Å². The molecule has 0 saturated heterocycles. The minimum atomic E-state index is -0.201. The summed E-state index contributed by atoms with van der Waals surface area (Å²) in [5.41, 5.74) is 3.76. The molecule has 3 rings (SSSR count). The Hall–Kier alpha value is -2.76. The topological polar surface area (TPSA) is 72.7 Å². The number of anilines is 1. The van der Waals surface area contributed by atoms with Crippen LogP contribution in [-0.2, 0) is 7.05 Å². The molecule has 1 N–H and O–H groups in total. The Kier molecular flexibility index (Phi) is 3.36. The zero-order chi connectivity index (χ0) is 15.9. The molecule has 0 radical (unpaired) electrons. The number of nitrogens with one attached hydrogen (secondary N) is 1. The van der Waals surface area contributed by atoms with Crippen LogP contribution in [0.3, 0.4) is 0 Å². The number of hydrogen-bond acceptors (Lipinski definition) is 4. The highest BCUT2D eigenvalue weighted by atomic mass is 16.1. The Morgan fingerprint density at radius 1 is 1.27 bits per heavy atom. The Labute approximate surface area is 128 Å². The van der Waals surface area contributed by atoms with Crippen LogP contribution in [0.15, 0.2) is 24.4 Å². The van der Waals surface area contributed by atoms with Crippen molar-refractivity contribution in [2.24, 2.45) is 7.05 Å². The van der Waals surface area contributed by atoms with Crippen molar-refractivity contribution in [2.45, 2.75) is 20.8 Å². The molecule has 1 amide bonds. The summed E-state index contributed by atoms with van der Waals surface area (Å²) >= 11 is 0. The first-order valence-electron chi connectivity index (χ1n) is 7.01. The second kappa shape index (κ2) is 5.22. The van der Waals surface area contributed by atoms with Crippen molar-refractivity contribution < 1.29 is 4.79 Å². The van der Waals surface area contributed by atoms with Crippen LogP contribution in [0.5, 0.6) is 0 Å². The van der Waals surface area contributed by atoms with Gasteiger partial charge in [-0.2, -0.15) is 5.10 Å². The number of carbonyl (C=O) groups is 1. The minimum absolute atomic E-state index is 0.201. The Bertz CT molecular complexity index is 882. The summed E-state index contributed by atoms with van der Waals surface area (Å²) in [6.45, 7) is 5.65. The van der Waals surface area contributed by atoms with Crippen molar-refractivity contribution in [1.29, 1.82) is 0 Å². The number of rotatable bonds is 2. The van der Waals surface area contributed by atoms with Crippen molar-refractivity contribution in [3.8, 4) is 0 Å². The molecule has 0 unspecified atom stereocenters. The smallest absolute Gasteiger partial charge is 0.257 e. The van der Waals surface area contributed by atoms with Gasteiger partial charge in [-0.25, -0.2) is 9.97 Å². The number of fused-ring (bicyclic) bond motifs is 1. The molecule has 0 aliphatic heterocycles. The molecule has 0 fully saturated rings. The summed E-state index contributed by atoms with van der Waals surface area (Å²) in [7, 11) is 1.83. The van der Waals surface area contributed by atoms with Gasteiger partial charge in [-0.3, -0.25) is 9.48 Å². The predicted molar refractivity (Wildman–Crippen MR) is 84.9 cm³/mol. The third-order valence-electron chi connectivity index (χ3n) is 3.58. The second-order valence-electron chi connectivity index (χ2n) is 5.34. The van der Waals surface area contributed by atoms with Crippen LogP contribution in [0.1, 0.15) is 27.3 Å². The molecule has 3 aromatic heterocycles. The highest BCUT2D eigenvalue weighted by Gasteiger charge is 2.18. The average Bonchev–Trinajstić information content (AvgIpc) is 2.75. The third-order valence-corrected chi connectivity index (χ3v) is 3.58. The van der Waals surface area contributed by atoms with E-state index in [0.29, 0.717) is 17.0 Å². The van der Waals surface area contributed by atoms with Gasteiger partial charge in [0.25, 0.3) is 5.91 Å². The summed E-state index contributed by atoms with van der Waals surface area (Å²) in [5, 5.41) is 8.00. The maximum absolute atomic E-state index is 12.7. The number of nitrogens with zero attached hydrogens (tertiary/aromatic N) is 4. The van der Waals surface area contributed by atoms with E-state index in [2.05, 4.69) is 20.4 Å². The molecule has 0 atom stereocenters. The standard InChI is InChI=1S/C16H17N5O/c1-9-6-5-7-17-14(9)19-16(22)12-8-10(2)18-15-13(12)11(3)20-21(15)4/h5-8H,1-4H3,(H,17,19,22). The maximum atomic E-state index is 12.7. The number of pyridine rings is 2. The third kappa shape index (κ3) is 2.32. The predicted octanol–water partition coefficient (Wildman–Crippen LogP) is 2.54. The summed E-state index contributed by atoms with van der Waals surface area (Å²) in [4.78, 5) is 21.4. The first-order chi connectivity index (χ1) is 10.5. The molecule has 6 heteroatoms. The second-order valence-corrected chi connectivity index (χ2v) is 5.34. The lowest BCUT2D eigenvalue weighted by Crippen LogP contribution is -2.15. The minimum Gasteiger partial charge on any atom is -0.306 e.